The molecular formula is C24H26N6O2. The summed E-state index contributed by atoms with van der Waals surface area (Å²) in [7, 11) is 0. The zero-order valence-electron chi connectivity index (χ0n) is 18.3. The quantitative estimate of drug-likeness (QED) is 0.347. The van der Waals surface area contributed by atoms with E-state index in [0.29, 0.717) is 23.2 Å². The van der Waals surface area contributed by atoms with Crippen molar-refractivity contribution in [1.29, 1.82) is 5.41 Å². The first-order valence-electron chi connectivity index (χ1n) is 10.8. The van der Waals surface area contributed by atoms with E-state index in [-0.39, 0.29) is 29.1 Å². The SMILES string of the molecule is CCCCCNC(=O)c1cc2c(=O)n3cccc(C)c3nc2n(Cc2cccnc2)c1=N. The van der Waals surface area contributed by atoms with Gasteiger partial charge in [-0.05, 0) is 42.7 Å². The molecule has 164 valence electrons. The number of hydrogen-bond acceptors (Lipinski definition) is 5. The zero-order chi connectivity index (χ0) is 22.7. The molecular weight excluding hydrogens is 404 g/mol. The summed E-state index contributed by atoms with van der Waals surface area (Å²) in [5.41, 5.74) is 2.50. The van der Waals surface area contributed by atoms with Crippen LogP contribution in [0.2, 0.25) is 0 Å². The molecule has 0 aliphatic rings. The van der Waals surface area contributed by atoms with Gasteiger partial charge in [-0.3, -0.25) is 24.4 Å². The van der Waals surface area contributed by atoms with Crippen molar-refractivity contribution in [2.45, 2.75) is 39.7 Å². The molecule has 0 saturated carbocycles. The number of carbonyl (C=O) groups excluding carboxylic acids is 1. The Bertz CT molecular complexity index is 1410. The molecule has 1 amide bonds. The molecule has 0 aromatic carbocycles. The van der Waals surface area contributed by atoms with Crippen LogP contribution in [-0.4, -0.2) is 31.4 Å². The van der Waals surface area contributed by atoms with Crippen LogP contribution in [0.3, 0.4) is 0 Å². The van der Waals surface area contributed by atoms with Gasteiger partial charge in [0.05, 0.1) is 17.5 Å². The first-order chi connectivity index (χ1) is 15.5. The molecule has 0 radical (unpaired) electrons. The Labute approximate surface area is 185 Å². The third kappa shape index (κ3) is 4.03. The van der Waals surface area contributed by atoms with E-state index in [9.17, 15) is 9.59 Å². The molecule has 0 saturated heterocycles. The van der Waals surface area contributed by atoms with Crippen molar-refractivity contribution in [1.82, 2.24) is 24.3 Å². The minimum absolute atomic E-state index is 0.0131. The summed E-state index contributed by atoms with van der Waals surface area (Å²) < 4.78 is 3.10. The molecule has 4 heterocycles. The summed E-state index contributed by atoms with van der Waals surface area (Å²) in [6, 6.07) is 8.88. The van der Waals surface area contributed by atoms with Gasteiger partial charge in [0.1, 0.15) is 16.8 Å². The third-order valence-corrected chi connectivity index (χ3v) is 5.51. The van der Waals surface area contributed by atoms with Crippen molar-refractivity contribution >= 4 is 22.6 Å². The van der Waals surface area contributed by atoms with Gasteiger partial charge in [0.15, 0.2) is 0 Å². The number of unbranched alkanes of at least 4 members (excludes halogenated alkanes) is 2. The fourth-order valence-electron chi connectivity index (χ4n) is 3.77. The number of fused-ring (bicyclic) bond motifs is 2. The Kier molecular flexibility index (Phi) is 6.11. The molecule has 4 aromatic rings. The Hall–Kier alpha value is -3.81. The molecule has 0 spiro atoms. The highest BCUT2D eigenvalue weighted by Gasteiger charge is 2.18. The molecule has 32 heavy (non-hydrogen) atoms. The molecule has 0 atom stereocenters. The molecule has 8 heteroatoms. The van der Waals surface area contributed by atoms with E-state index in [1.165, 1.54) is 10.5 Å². The fraction of sp³-hybridized carbons (Fsp3) is 0.292. The van der Waals surface area contributed by atoms with Gasteiger partial charge in [0, 0.05) is 25.1 Å². The van der Waals surface area contributed by atoms with Crippen molar-refractivity contribution in [2.75, 3.05) is 6.54 Å². The Morgan fingerprint density at radius 3 is 2.78 bits per heavy atom. The summed E-state index contributed by atoms with van der Waals surface area (Å²) in [5, 5.41) is 12.0. The smallest absolute Gasteiger partial charge is 0.267 e. The van der Waals surface area contributed by atoms with E-state index < -0.39 is 0 Å². The third-order valence-electron chi connectivity index (χ3n) is 5.51. The normalized spacial score (nSPS) is 11.2. The fourth-order valence-corrected chi connectivity index (χ4v) is 3.77. The number of carbonyl (C=O) groups is 1. The molecule has 0 fully saturated rings. The van der Waals surface area contributed by atoms with Gasteiger partial charge >= 0.3 is 0 Å². The van der Waals surface area contributed by atoms with Crippen LogP contribution in [0.1, 0.15) is 47.7 Å². The summed E-state index contributed by atoms with van der Waals surface area (Å²) in [4.78, 5) is 35.1. The lowest BCUT2D eigenvalue weighted by Gasteiger charge is -2.15. The molecule has 0 unspecified atom stereocenters. The average molecular weight is 431 g/mol. The van der Waals surface area contributed by atoms with E-state index in [4.69, 9.17) is 10.4 Å². The monoisotopic (exact) mass is 430 g/mol. The van der Waals surface area contributed by atoms with E-state index in [2.05, 4.69) is 17.2 Å². The van der Waals surface area contributed by atoms with E-state index >= 15 is 0 Å². The summed E-state index contributed by atoms with van der Waals surface area (Å²) in [6.45, 7) is 4.79. The van der Waals surface area contributed by atoms with Crippen LogP contribution in [-0.2, 0) is 6.54 Å². The Morgan fingerprint density at radius 2 is 2.03 bits per heavy atom. The number of aromatic nitrogens is 4. The van der Waals surface area contributed by atoms with Crippen molar-refractivity contribution in [3.63, 3.8) is 0 Å². The number of aryl methyl sites for hydroxylation is 1. The largest absolute Gasteiger partial charge is 0.352 e. The van der Waals surface area contributed by atoms with Gasteiger partial charge in [-0.1, -0.05) is 31.9 Å². The minimum Gasteiger partial charge on any atom is -0.352 e. The van der Waals surface area contributed by atoms with Crippen LogP contribution in [0.5, 0.6) is 0 Å². The lowest BCUT2D eigenvalue weighted by molar-refractivity contribution is 0.0950. The van der Waals surface area contributed by atoms with E-state index in [0.717, 1.165) is 30.4 Å². The van der Waals surface area contributed by atoms with Gasteiger partial charge < -0.3 is 9.88 Å². The zero-order valence-corrected chi connectivity index (χ0v) is 18.3. The molecule has 8 nitrogen and oxygen atoms in total. The van der Waals surface area contributed by atoms with Crippen molar-refractivity contribution in [2.24, 2.45) is 0 Å². The maximum absolute atomic E-state index is 13.3. The van der Waals surface area contributed by atoms with Crippen LogP contribution >= 0.6 is 0 Å². The van der Waals surface area contributed by atoms with Crippen LogP contribution in [0.4, 0.5) is 0 Å². The lowest BCUT2D eigenvalue weighted by Crippen LogP contribution is -2.35. The molecule has 0 bridgehead atoms. The maximum Gasteiger partial charge on any atom is 0.267 e. The summed E-state index contributed by atoms with van der Waals surface area (Å²) in [6.07, 6.45) is 7.98. The number of amides is 1. The van der Waals surface area contributed by atoms with Crippen molar-refractivity contribution < 1.29 is 4.79 Å². The first kappa shape index (κ1) is 21.4. The van der Waals surface area contributed by atoms with Crippen molar-refractivity contribution in [3.05, 3.63) is 81.5 Å². The van der Waals surface area contributed by atoms with Gasteiger partial charge in [0.25, 0.3) is 11.5 Å². The van der Waals surface area contributed by atoms with Crippen LogP contribution in [0.25, 0.3) is 16.7 Å². The highest BCUT2D eigenvalue weighted by atomic mass is 16.1. The van der Waals surface area contributed by atoms with Crippen LogP contribution < -0.4 is 16.4 Å². The molecule has 0 aliphatic heterocycles. The second kappa shape index (κ2) is 9.13. The summed E-state index contributed by atoms with van der Waals surface area (Å²) >= 11 is 0. The van der Waals surface area contributed by atoms with Gasteiger partial charge in [0.2, 0.25) is 0 Å². The van der Waals surface area contributed by atoms with Crippen LogP contribution in [0, 0.1) is 12.3 Å². The predicted molar refractivity (Wildman–Crippen MR) is 123 cm³/mol. The molecule has 4 rings (SSSR count). The Balaban J connectivity index is 1.94. The first-order valence-corrected chi connectivity index (χ1v) is 10.8. The van der Waals surface area contributed by atoms with Gasteiger partial charge in [-0.15, -0.1) is 0 Å². The lowest BCUT2D eigenvalue weighted by atomic mass is 10.1. The van der Waals surface area contributed by atoms with Gasteiger partial charge in [-0.25, -0.2) is 4.98 Å². The van der Waals surface area contributed by atoms with Crippen molar-refractivity contribution in [3.8, 4) is 0 Å². The molecule has 0 aliphatic carbocycles. The highest BCUT2D eigenvalue weighted by Crippen LogP contribution is 2.14. The minimum atomic E-state index is -0.360. The van der Waals surface area contributed by atoms with E-state index in [1.54, 1.807) is 29.2 Å². The predicted octanol–water partition coefficient (Wildman–Crippen LogP) is 2.80. The van der Waals surface area contributed by atoms with Gasteiger partial charge in [-0.2, -0.15) is 0 Å². The number of pyridine rings is 3. The Morgan fingerprint density at radius 1 is 1.19 bits per heavy atom. The highest BCUT2D eigenvalue weighted by molar-refractivity contribution is 5.96. The number of rotatable bonds is 7. The maximum atomic E-state index is 13.3. The number of hydrogen-bond donors (Lipinski definition) is 2. The van der Waals surface area contributed by atoms with Crippen LogP contribution in [0.15, 0.2) is 53.7 Å². The number of nitrogens with zero attached hydrogens (tertiary/aromatic N) is 4. The average Bonchev–Trinajstić information content (AvgIpc) is 2.80. The number of nitrogens with one attached hydrogen (secondary N) is 2. The molecule has 2 N–H and O–H groups in total. The molecule has 4 aromatic heterocycles. The second-order valence-corrected chi connectivity index (χ2v) is 7.86. The summed E-state index contributed by atoms with van der Waals surface area (Å²) in [5.74, 6) is -0.360. The standard InChI is InChI=1S/C24H26N6O2/c1-3-4-5-11-27-23(31)18-13-19-22(28-21-16(2)8-7-12-29(21)24(19)32)30(20(18)25)15-17-9-6-10-26-14-17/h6-10,12-14,25H,3-5,11,15H2,1-2H3,(H,27,31). The topological polar surface area (TPSA) is 105 Å². The van der Waals surface area contributed by atoms with E-state index in [1.807, 2.05) is 25.1 Å². The second-order valence-electron chi connectivity index (χ2n) is 7.86.